The van der Waals surface area contributed by atoms with Crippen LogP contribution < -0.4 is 0 Å². The lowest BCUT2D eigenvalue weighted by Crippen LogP contribution is -2.23. The number of aromatic nitrogens is 1. The van der Waals surface area contributed by atoms with Crippen LogP contribution in [0.2, 0.25) is 0 Å². The van der Waals surface area contributed by atoms with Crippen LogP contribution in [0.3, 0.4) is 0 Å². The van der Waals surface area contributed by atoms with Gasteiger partial charge in [-0.2, -0.15) is 0 Å². The summed E-state index contributed by atoms with van der Waals surface area (Å²) in [5.74, 6) is -0.991. The first-order valence-corrected chi connectivity index (χ1v) is 9.05. The zero-order valence-electron chi connectivity index (χ0n) is 13.4. The van der Waals surface area contributed by atoms with Crippen LogP contribution in [0.15, 0.2) is 45.5 Å². The van der Waals surface area contributed by atoms with Gasteiger partial charge in [0.15, 0.2) is 0 Å². The highest BCUT2D eigenvalue weighted by atomic mass is 79.9. The Morgan fingerprint density at radius 3 is 2.48 bits per heavy atom. The molecule has 0 bridgehead atoms. The Hall–Kier alpha value is -1.64. The summed E-state index contributed by atoms with van der Waals surface area (Å²) < 4.78 is 13.1. The summed E-state index contributed by atoms with van der Waals surface area (Å²) in [4.78, 5) is 24.2. The molecule has 0 spiro atoms. The topological polar surface area (TPSA) is 77.8 Å². The molecular formula is C17H17Br2NO5. The highest BCUT2D eigenvalue weighted by Crippen LogP contribution is 2.32. The van der Waals surface area contributed by atoms with Crippen molar-refractivity contribution in [2.45, 2.75) is 12.5 Å². The summed E-state index contributed by atoms with van der Waals surface area (Å²) >= 11 is 6.76. The Kier molecular flexibility index (Phi) is 7.22. The molecule has 134 valence electrons. The highest BCUT2D eigenvalue weighted by molar-refractivity contribution is 9.13. The van der Waals surface area contributed by atoms with E-state index in [1.54, 1.807) is 34.9 Å². The second-order valence-corrected chi connectivity index (χ2v) is 6.77. The standard InChI is InChI=1S/C17H17Br2NO5/c1-24-17(23)14-9-13(18)15(19)20(14)12(7-8-21)10-25-16(22)11-5-3-2-4-6-11/h2-6,9,12,21H,7-8,10H2,1H3/t12-/m0/s1. The van der Waals surface area contributed by atoms with E-state index in [1.165, 1.54) is 7.11 Å². The summed E-state index contributed by atoms with van der Waals surface area (Å²) in [5.41, 5.74) is 0.724. The van der Waals surface area contributed by atoms with Crippen molar-refractivity contribution in [2.24, 2.45) is 0 Å². The van der Waals surface area contributed by atoms with Gasteiger partial charge >= 0.3 is 11.9 Å². The van der Waals surface area contributed by atoms with Crippen LogP contribution in [0, 0.1) is 0 Å². The van der Waals surface area contributed by atoms with Gasteiger partial charge in [-0.15, -0.1) is 0 Å². The Morgan fingerprint density at radius 2 is 1.88 bits per heavy atom. The Balaban J connectivity index is 2.24. The summed E-state index contributed by atoms with van der Waals surface area (Å²) in [6, 6.07) is 9.79. The zero-order chi connectivity index (χ0) is 18.4. The van der Waals surface area contributed by atoms with E-state index in [4.69, 9.17) is 9.47 Å². The molecule has 1 atom stereocenters. The number of ether oxygens (including phenoxy) is 2. The molecule has 1 heterocycles. The maximum Gasteiger partial charge on any atom is 0.354 e. The lowest BCUT2D eigenvalue weighted by Gasteiger charge is -2.21. The van der Waals surface area contributed by atoms with Crippen molar-refractivity contribution >= 4 is 43.8 Å². The van der Waals surface area contributed by atoms with Crippen LogP contribution in [0.5, 0.6) is 0 Å². The van der Waals surface area contributed by atoms with E-state index >= 15 is 0 Å². The number of methoxy groups -OCH3 is 1. The van der Waals surface area contributed by atoms with Crippen LogP contribution in [0.1, 0.15) is 33.3 Å². The summed E-state index contributed by atoms with van der Waals surface area (Å²) in [6.07, 6.45) is 0.297. The first-order chi connectivity index (χ1) is 12.0. The van der Waals surface area contributed by atoms with E-state index < -0.39 is 18.0 Å². The Labute approximate surface area is 162 Å². The molecule has 0 aliphatic heterocycles. The molecular weight excluding hydrogens is 458 g/mol. The molecule has 0 radical (unpaired) electrons. The number of hydrogen-bond donors (Lipinski definition) is 1. The first-order valence-electron chi connectivity index (χ1n) is 7.47. The molecule has 2 aromatic rings. The highest BCUT2D eigenvalue weighted by Gasteiger charge is 2.25. The average Bonchev–Trinajstić information content (AvgIpc) is 2.93. The molecule has 0 amide bonds. The average molecular weight is 475 g/mol. The van der Waals surface area contributed by atoms with Gasteiger partial charge in [0.1, 0.15) is 16.9 Å². The van der Waals surface area contributed by atoms with Gasteiger partial charge in [0.05, 0.1) is 23.2 Å². The maximum atomic E-state index is 12.1. The predicted octanol–water partition coefficient (Wildman–Crippen LogP) is 3.58. The maximum absolute atomic E-state index is 12.1. The third-order valence-electron chi connectivity index (χ3n) is 3.57. The molecule has 1 N–H and O–H groups in total. The van der Waals surface area contributed by atoms with Crippen LogP contribution in [0.25, 0.3) is 0 Å². The monoisotopic (exact) mass is 473 g/mol. The number of nitrogens with zero attached hydrogens (tertiary/aromatic N) is 1. The van der Waals surface area contributed by atoms with Crippen LogP contribution >= 0.6 is 31.9 Å². The summed E-state index contributed by atoms with van der Waals surface area (Å²) in [7, 11) is 1.29. The van der Waals surface area contributed by atoms with E-state index in [0.29, 0.717) is 21.1 Å². The van der Waals surface area contributed by atoms with Gasteiger partial charge in [0.2, 0.25) is 0 Å². The number of hydrogen-bond acceptors (Lipinski definition) is 5. The molecule has 6 nitrogen and oxygen atoms in total. The molecule has 0 fully saturated rings. The van der Waals surface area contributed by atoms with Gasteiger partial charge in [-0.05, 0) is 56.5 Å². The van der Waals surface area contributed by atoms with Crippen LogP contribution in [-0.4, -0.2) is 41.9 Å². The van der Waals surface area contributed by atoms with Crippen molar-refractivity contribution in [3.63, 3.8) is 0 Å². The molecule has 0 saturated heterocycles. The number of carbonyl (C=O) groups is 2. The zero-order valence-corrected chi connectivity index (χ0v) is 16.6. The van der Waals surface area contributed by atoms with E-state index in [0.717, 1.165) is 0 Å². The van der Waals surface area contributed by atoms with Gasteiger partial charge < -0.3 is 19.1 Å². The van der Waals surface area contributed by atoms with Crippen molar-refractivity contribution in [1.82, 2.24) is 4.57 Å². The normalized spacial score (nSPS) is 11.8. The van der Waals surface area contributed by atoms with Gasteiger partial charge in [0.25, 0.3) is 0 Å². The number of esters is 2. The van der Waals surface area contributed by atoms with Gasteiger partial charge in [-0.25, -0.2) is 9.59 Å². The Morgan fingerprint density at radius 1 is 1.20 bits per heavy atom. The minimum atomic E-state index is -0.524. The molecule has 25 heavy (non-hydrogen) atoms. The smallest absolute Gasteiger partial charge is 0.354 e. The number of benzene rings is 1. The largest absolute Gasteiger partial charge is 0.464 e. The Bertz CT molecular complexity index is 745. The fraction of sp³-hybridized carbons (Fsp3) is 0.294. The number of aliphatic hydroxyl groups excluding tert-OH is 1. The second-order valence-electron chi connectivity index (χ2n) is 5.16. The third-order valence-corrected chi connectivity index (χ3v) is 5.52. The molecule has 0 aliphatic carbocycles. The molecule has 2 rings (SSSR count). The number of halogens is 2. The molecule has 0 saturated carbocycles. The molecule has 1 aromatic carbocycles. The lowest BCUT2D eigenvalue weighted by atomic mass is 10.2. The van der Waals surface area contributed by atoms with Gasteiger partial charge in [-0.1, -0.05) is 18.2 Å². The molecule has 0 aliphatic rings. The van der Waals surface area contributed by atoms with E-state index in [9.17, 15) is 14.7 Å². The fourth-order valence-corrected chi connectivity index (χ4v) is 3.36. The molecule has 1 aromatic heterocycles. The lowest BCUT2D eigenvalue weighted by molar-refractivity contribution is 0.0419. The first kappa shape index (κ1) is 19.7. The summed E-state index contributed by atoms with van der Waals surface area (Å²) in [5, 5.41) is 9.37. The van der Waals surface area contributed by atoms with E-state index in [1.807, 2.05) is 6.07 Å². The van der Waals surface area contributed by atoms with Crippen molar-refractivity contribution in [2.75, 3.05) is 20.3 Å². The van der Waals surface area contributed by atoms with Crippen LogP contribution in [-0.2, 0) is 9.47 Å². The van der Waals surface area contributed by atoms with Crippen molar-refractivity contribution in [3.8, 4) is 0 Å². The minimum Gasteiger partial charge on any atom is -0.464 e. The minimum absolute atomic E-state index is 0.00198. The fourth-order valence-electron chi connectivity index (χ4n) is 2.35. The molecule has 0 unspecified atom stereocenters. The quantitative estimate of drug-likeness (QED) is 0.620. The number of carbonyl (C=O) groups excluding carboxylic acids is 2. The third kappa shape index (κ3) is 4.71. The van der Waals surface area contributed by atoms with Gasteiger partial charge in [0, 0.05) is 6.61 Å². The number of aliphatic hydroxyl groups is 1. The molecule has 8 heteroatoms. The number of rotatable bonds is 7. The SMILES string of the molecule is COC(=O)c1cc(Br)c(Br)n1[C@@H](CCO)COC(=O)c1ccccc1. The van der Waals surface area contributed by atoms with Gasteiger partial charge in [-0.3, -0.25) is 0 Å². The van der Waals surface area contributed by atoms with Crippen LogP contribution in [0.4, 0.5) is 0 Å². The second kappa shape index (κ2) is 9.17. The van der Waals surface area contributed by atoms with Crippen molar-refractivity contribution in [1.29, 1.82) is 0 Å². The van der Waals surface area contributed by atoms with Crippen molar-refractivity contribution < 1.29 is 24.2 Å². The van der Waals surface area contributed by atoms with Crippen molar-refractivity contribution in [3.05, 3.63) is 56.7 Å². The van der Waals surface area contributed by atoms with E-state index in [2.05, 4.69) is 31.9 Å². The van der Waals surface area contributed by atoms with E-state index in [-0.39, 0.29) is 18.9 Å². The summed E-state index contributed by atoms with van der Waals surface area (Å²) in [6.45, 7) is -0.131. The predicted molar refractivity (Wildman–Crippen MR) is 98.6 cm³/mol.